The third kappa shape index (κ3) is 3.46. The molecule has 0 saturated heterocycles. The summed E-state index contributed by atoms with van der Waals surface area (Å²) in [6, 6.07) is 14.8. The largest absolute Gasteiger partial charge is 0.398 e. The average Bonchev–Trinajstić information content (AvgIpc) is 2.43. The third-order valence-corrected chi connectivity index (χ3v) is 2.92. The molecule has 2 aromatic rings. The molecule has 0 amide bonds. The van der Waals surface area contributed by atoms with Gasteiger partial charge in [-0.1, -0.05) is 41.9 Å². The molecule has 0 atom stereocenters. The van der Waals surface area contributed by atoms with Crippen molar-refractivity contribution in [2.24, 2.45) is 10.8 Å². The molecule has 0 radical (unpaired) electrons. The van der Waals surface area contributed by atoms with Crippen LogP contribution in [0.3, 0.4) is 0 Å². The second-order valence-electron chi connectivity index (χ2n) is 4.03. The van der Waals surface area contributed by atoms with Crippen molar-refractivity contribution < 1.29 is 0 Å². The summed E-state index contributed by atoms with van der Waals surface area (Å²) in [6.45, 7) is 0. The number of nitrogen functional groups attached to an aromatic ring is 1. The fourth-order valence-corrected chi connectivity index (χ4v) is 1.94. The lowest BCUT2D eigenvalue weighted by Gasteiger charge is -2.10. The van der Waals surface area contributed by atoms with Gasteiger partial charge in [0, 0.05) is 21.8 Å². The lowest BCUT2D eigenvalue weighted by Crippen LogP contribution is -2.26. The summed E-state index contributed by atoms with van der Waals surface area (Å²) in [5, 5.41) is 4.89. The molecule has 20 heavy (non-hydrogen) atoms. The minimum atomic E-state index is 0.0824. The zero-order chi connectivity index (χ0) is 14.5. The lowest BCUT2D eigenvalue weighted by molar-refractivity contribution is 1.03. The Morgan fingerprint density at radius 3 is 2.50 bits per heavy atom. The molecule has 0 aliphatic heterocycles. The molecule has 2 rings (SSSR count). The maximum Gasteiger partial charge on any atom is 0.184 e. The number of nitrogens with two attached hydrogens (primary N) is 2. The van der Waals surface area contributed by atoms with Crippen molar-refractivity contribution in [1.82, 2.24) is 5.43 Å². The van der Waals surface area contributed by atoms with Crippen molar-refractivity contribution in [3.8, 4) is 0 Å². The normalized spacial score (nSPS) is 11.2. The number of nitrogens with zero attached hydrogens (tertiary/aromatic N) is 1. The number of hydrazone groups is 1. The van der Waals surface area contributed by atoms with Gasteiger partial charge in [0.2, 0.25) is 0 Å². The van der Waals surface area contributed by atoms with Gasteiger partial charge in [-0.3, -0.25) is 5.43 Å². The van der Waals surface area contributed by atoms with E-state index in [1.165, 1.54) is 0 Å². The molecule has 102 valence electrons. The number of thiocarbonyl (C=S) groups is 1. The highest BCUT2D eigenvalue weighted by Crippen LogP contribution is 2.21. The molecule has 0 saturated carbocycles. The van der Waals surface area contributed by atoms with E-state index in [9.17, 15) is 0 Å². The fourth-order valence-electron chi connectivity index (χ4n) is 1.72. The number of halogens is 1. The standard InChI is InChI=1S/C14H13ClN4S/c15-10-6-7-12(16)11(8-10)13(18-19-14(17)20)9-4-2-1-3-5-9/h1-8H,16H2,(H3,17,19,20)/b18-13+. The molecule has 0 heterocycles. The highest BCUT2D eigenvalue weighted by Gasteiger charge is 2.11. The molecule has 5 N–H and O–H groups in total. The summed E-state index contributed by atoms with van der Waals surface area (Å²) in [5.41, 5.74) is 16.8. The molecule has 0 aliphatic rings. The fraction of sp³-hybridized carbons (Fsp3) is 0. The predicted molar refractivity (Wildman–Crippen MR) is 87.9 cm³/mol. The van der Waals surface area contributed by atoms with Gasteiger partial charge in [-0.2, -0.15) is 5.10 Å². The first-order valence-corrected chi connectivity index (χ1v) is 6.60. The summed E-state index contributed by atoms with van der Waals surface area (Å²) in [5.74, 6) is 0. The van der Waals surface area contributed by atoms with Crippen molar-refractivity contribution in [2.45, 2.75) is 0 Å². The Labute approximate surface area is 127 Å². The van der Waals surface area contributed by atoms with Crippen molar-refractivity contribution in [3.63, 3.8) is 0 Å². The number of rotatable bonds is 3. The minimum absolute atomic E-state index is 0.0824. The van der Waals surface area contributed by atoms with E-state index in [0.29, 0.717) is 22.0 Å². The maximum absolute atomic E-state index is 6.03. The number of hydrogen-bond donors (Lipinski definition) is 3. The van der Waals surface area contributed by atoms with Crippen molar-refractivity contribution in [2.75, 3.05) is 5.73 Å². The van der Waals surface area contributed by atoms with Gasteiger partial charge in [-0.15, -0.1) is 0 Å². The zero-order valence-electron chi connectivity index (χ0n) is 10.5. The Hall–Kier alpha value is -2.11. The molecule has 4 nitrogen and oxygen atoms in total. The monoisotopic (exact) mass is 304 g/mol. The molecule has 0 aromatic heterocycles. The quantitative estimate of drug-likeness (QED) is 0.352. The molecular weight excluding hydrogens is 292 g/mol. The topological polar surface area (TPSA) is 76.4 Å². The third-order valence-electron chi connectivity index (χ3n) is 2.60. The van der Waals surface area contributed by atoms with Gasteiger partial charge in [-0.25, -0.2) is 0 Å². The first kappa shape index (κ1) is 14.3. The lowest BCUT2D eigenvalue weighted by atomic mass is 10.0. The van der Waals surface area contributed by atoms with Gasteiger partial charge in [0.25, 0.3) is 0 Å². The van der Waals surface area contributed by atoms with Crippen LogP contribution in [0.2, 0.25) is 5.02 Å². The smallest absolute Gasteiger partial charge is 0.184 e. The van der Waals surface area contributed by atoms with Crippen LogP contribution in [0.15, 0.2) is 53.6 Å². The van der Waals surface area contributed by atoms with E-state index in [-0.39, 0.29) is 5.11 Å². The zero-order valence-corrected chi connectivity index (χ0v) is 12.1. The van der Waals surface area contributed by atoms with Crippen LogP contribution in [-0.4, -0.2) is 10.8 Å². The Balaban J connectivity index is 2.55. The number of nitrogens with one attached hydrogen (secondary N) is 1. The summed E-state index contributed by atoms with van der Waals surface area (Å²) < 4.78 is 0. The van der Waals surface area contributed by atoms with Gasteiger partial charge in [0.1, 0.15) is 0 Å². The van der Waals surface area contributed by atoms with Crippen LogP contribution in [0.25, 0.3) is 0 Å². The summed E-state index contributed by atoms with van der Waals surface area (Å²) in [7, 11) is 0. The number of anilines is 1. The van der Waals surface area contributed by atoms with Gasteiger partial charge < -0.3 is 11.5 Å². The second kappa shape index (κ2) is 6.36. The molecule has 0 spiro atoms. The van der Waals surface area contributed by atoms with E-state index in [0.717, 1.165) is 5.56 Å². The Morgan fingerprint density at radius 2 is 1.85 bits per heavy atom. The summed E-state index contributed by atoms with van der Waals surface area (Å²) in [6.07, 6.45) is 0. The minimum Gasteiger partial charge on any atom is -0.398 e. The summed E-state index contributed by atoms with van der Waals surface area (Å²) >= 11 is 10.8. The predicted octanol–water partition coefficient (Wildman–Crippen LogP) is 2.51. The summed E-state index contributed by atoms with van der Waals surface area (Å²) in [4.78, 5) is 0. The molecule has 0 fully saturated rings. The Kier molecular flexibility index (Phi) is 4.55. The van der Waals surface area contributed by atoms with Crippen LogP contribution >= 0.6 is 23.8 Å². The van der Waals surface area contributed by atoms with Crippen molar-refractivity contribution >= 4 is 40.3 Å². The van der Waals surface area contributed by atoms with Gasteiger partial charge in [-0.05, 0) is 30.4 Å². The maximum atomic E-state index is 6.03. The molecule has 6 heteroatoms. The number of benzene rings is 2. The van der Waals surface area contributed by atoms with Crippen molar-refractivity contribution in [1.29, 1.82) is 0 Å². The molecule has 0 aliphatic carbocycles. The van der Waals surface area contributed by atoms with Crippen LogP contribution in [0.5, 0.6) is 0 Å². The molecule has 0 bridgehead atoms. The average molecular weight is 305 g/mol. The van der Waals surface area contributed by atoms with Crippen LogP contribution in [0.1, 0.15) is 11.1 Å². The number of hydrogen-bond acceptors (Lipinski definition) is 3. The first-order chi connectivity index (χ1) is 9.58. The van der Waals surface area contributed by atoms with Crippen molar-refractivity contribution in [3.05, 3.63) is 64.7 Å². The van der Waals surface area contributed by atoms with E-state index in [1.807, 2.05) is 30.3 Å². The van der Waals surface area contributed by atoms with E-state index in [2.05, 4.69) is 10.5 Å². The van der Waals surface area contributed by atoms with E-state index in [4.69, 9.17) is 35.3 Å². The second-order valence-corrected chi connectivity index (χ2v) is 4.91. The Bertz CT molecular complexity index is 655. The van der Waals surface area contributed by atoms with E-state index >= 15 is 0 Å². The first-order valence-electron chi connectivity index (χ1n) is 5.82. The van der Waals surface area contributed by atoms with Crippen LogP contribution in [0, 0.1) is 0 Å². The molecular formula is C14H13ClN4S. The SMILES string of the molecule is NC(=S)N/N=C(\c1ccccc1)c1cc(Cl)ccc1N. The van der Waals surface area contributed by atoms with Crippen LogP contribution in [-0.2, 0) is 0 Å². The van der Waals surface area contributed by atoms with Gasteiger partial charge in [0.15, 0.2) is 5.11 Å². The Morgan fingerprint density at radius 1 is 1.15 bits per heavy atom. The van der Waals surface area contributed by atoms with Gasteiger partial charge >= 0.3 is 0 Å². The molecule has 2 aromatic carbocycles. The highest BCUT2D eigenvalue weighted by atomic mass is 35.5. The van der Waals surface area contributed by atoms with Crippen LogP contribution < -0.4 is 16.9 Å². The van der Waals surface area contributed by atoms with Gasteiger partial charge in [0.05, 0.1) is 5.71 Å². The van der Waals surface area contributed by atoms with Crippen LogP contribution in [0.4, 0.5) is 5.69 Å². The van der Waals surface area contributed by atoms with E-state index in [1.54, 1.807) is 18.2 Å². The molecule has 0 unspecified atom stereocenters. The highest BCUT2D eigenvalue weighted by molar-refractivity contribution is 7.80. The van der Waals surface area contributed by atoms with E-state index < -0.39 is 0 Å².